The van der Waals surface area contributed by atoms with E-state index in [2.05, 4.69) is 25.6 Å². The molecule has 1 N–H and O–H groups in total. The van der Waals surface area contributed by atoms with Crippen molar-refractivity contribution >= 4 is 11.8 Å². The minimum Gasteiger partial charge on any atom is -0.393 e. The smallest absolute Gasteiger partial charge is 0.0596 e. The van der Waals surface area contributed by atoms with E-state index in [4.69, 9.17) is 0 Å². The molecule has 0 aromatic rings. The van der Waals surface area contributed by atoms with Crippen LogP contribution in [0.4, 0.5) is 0 Å². The van der Waals surface area contributed by atoms with Crippen LogP contribution in [0.2, 0.25) is 0 Å². The fourth-order valence-corrected chi connectivity index (χ4v) is 8.68. The summed E-state index contributed by atoms with van der Waals surface area (Å²) in [4.78, 5) is 0. The quantitative estimate of drug-likeness (QED) is 0.642. The molecule has 1 heterocycles. The Labute approximate surface area is 140 Å². The van der Waals surface area contributed by atoms with E-state index in [-0.39, 0.29) is 11.5 Å². The summed E-state index contributed by atoms with van der Waals surface area (Å²) in [5.74, 6) is 5.19. The molecule has 0 amide bonds. The van der Waals surface area contributed by atoms with Gasteiger partial charge < -0.3 is 5.11 Å². The lowest BCUT2D eigenvalue weighted by molar-refractivity contribution is -0.122. The molecule has 5 fully saturated rings. The summed E-state index contributed by atoms with van der Waals surface area (Å²) in [7, 11) is 0. The van der Waals surface area contributed by atoms with Crippen LogP contribution in [0.3, 0.4) is 0 Å². The predicted molar refractivity (Wildman–Crippen MR) is 92.9 cm³/mol. The zero-order valence-electron chi connectivity index (χ0n) is 14.3. The van der Waals surface area contributed by atoms with Crippen LogP contribution < -0.4 is 0 Å². The SMILES string of the molecule is CC12CCC3C(CCC4CC5(CCC43C)CS5)C1CCC2O. The molecule has 4 saturated carbocycles. The molecule has 4 aliphatic carbocycles. The number of aliphatic hydroxyl groups is 1. The molecular formula is C20H32OS. The van der Waals surface area contributed by atoms with E-state index < -0.39 is 0 Å². The first kappa shape index (κ1) is 14.6. The molecule has 1 nitrogen and oxygen atoms in total. The Kier molecular flexibility index (Phi) is 2.98. The van der Waals surface area contributed by atoms with Crippen LogP contribution in [0.15, 0.2) is 0 Å². The van der Waals surface area contributed by atoms with Gasteiger partial charge >= 0.3 is 0 Å². The van der Waals surface area contributed by atoms with Crippen molar-refractivity contribution in [3.63, 3.8) is 0 Å². The van der Waals surface area contributed by atoms with E-state index in [1.165, 1.54) is 57.1 Å². The summed E-state index contributed by atoms with van der Waals surface area (Å²) in [6.45, 7) is 5.08. The summed E-state index contributed by atoms with van der Waals surface area (Å²) in [5.41, 5.74) is 0.888. The topological polar surface area (TPSA) is 20.2 Å². The second kappa shape index (κ2) is 4.48. The molecule has 8 atom stereocenters. The molecular weight excluding hydrogens is 288 g/mol. The fourth-order valence-electron chi connectivity index (χ4n) is 7.64. The maximum atomic E-state index is 10.5. The van der Waals surface area contributed by atoms with Crippen LogP contribution in [-0.2, 0) is 0 Å². The summed E-state index contributed by atoms with van der Waals surface area (Å²) in [5, 5.41) is 10.5. The monoisotopic (exact) mass is 320 g/mol. The van der Waals surface area contributed by atoms with Gasteiger partial charge in [-0.05, 0) is 92.3 Å². The summed E-state index contributed by atoms with van der Waals surface area (Å²) in [6, 6.07) is 0. The van der Waals surface area contributed by atoms with Gasteiger partial charge in [0, 0.05) is 10.5 Å². The van der Waals surface area contributed by atoms with Gasteiger partial charge in [-0.15, -0.1) is 0 Å². The minimum atomic E-state index is -0.0125. The van der Waals surface area contributed by atoms with E-state index in [0.29, 0.717) is 5.41 Å². The van der Waals surface area contributed by atoms with Crippen molar-refractivity contribution in [3.05, 3.63) is 0 Å². The van der Waals surface area contributed by atoms with E-state index >= 15 is 0 Å². The zero-order valence-corrected chi connectivity index (χ0v) is 15.1. The highest BCUT2D eigenvalue weighted by atomic mass is 32.2. The number of fused-ring (bicyclic) bond motifs is 5. The first-order valence-corrected chi connectivity index (χ1v) is 10.8. The van der Waals surface area contributed by atoms with Crippen LogP contribution in [0.1, 0.15) is 71.6 Å². The molecule has 5 rings (SSSR count). The van der Waals surface area contributed by atoms with E-state index in [1.54, 1.807) is 0 Å². The Morgan fingerprint density at radius 1 is 0.864 bits per heavy atom. The number of rotatable bonds is 0. The van der Waals surface area contributed by atoms with E-state index in [9.17, 15) is 5.11 Å². The van der Waals surface area contributed by atoms with Gasteiger partial charge in [0.1, 0.15) is 0 Å². The van der Waals surface area contributed by atoms with Gasteiger partial charge in [0.2, 0.25) is 0 Å². The zero-order chi connectivity index (χ0) is 15.2. The van der Waals surface area contributed by atoms with Gasteiger partial charge in [0.25, 0.3) is 0 Å². The van der Waals surface area contributed by atoms with Crippen LogP contribution in [0.25, 0.3) is 0 Å². The fraction of sp³-hybridized carbons (Fsp3) is 1.00. The van der Waals surface area contributed by atoms with Crippen LogP contribution >= 0.6 is 11.8 Å². The van der Waals surface area contributed by atoms with Crippen molar-refractivity contribution in [1.29, 1.82) is 0 Å². The van der Waals surface area contributed by atoms with E-state index in [0.717, 1.165) is 34.8 Å². The average molecular weight is 321 g/mol. The molecule has 124 valence electrons. The molecule has 0 aromatic heterocycles. The van der Waals surface area contributed by atoms with Gasteiger partial charge in [-0.1, -0.05) is 13.8 Å². The van der Waals surface area contributed by atoms with Crippen molar-refractivity contribution in [2.75, 3.05) is 5.75 Å². The number of thioether (sulfide) groups is 1. The summed E-state index contributed by atoms with van der Waals surface area (Å²) >= 11 is 2.26. The molecule has 0 bridgehead atoms. The van der Waals surface area contributed by atoms with Crippen molar-refractivity contribution in [3.8, 4) is 0 Å². The van der Waals surface area contributed by atoms with E-state index in [1.807, 2.05) is 0 Å². The van der Waals surface area contributed by atoms with Gasteiger partial charge in [-0.2, -0.15) is 11.8 Å². The molecule has 1 aliphatic heterocycles. The highest BCUT2D eigenvalue weighted by Crippen LogP contribution is 2.69. The third-order valence-corrected chi connectivity index (χ3v) is 10.8. The number of hydrogen-bond donors (Lipinski definition) is 1. The lowest BCUT2D eigenvalue weighted by Crippen LogP contribution is -2.54. The van der Waals surface area contributed by atoms with Crippen LogP contribution in [0.5, 0.6) is 0 Å². The van der Waals surface area contributed by atoms with Crippen molar-refractivity contribution in [1.82, 2.24) is 0 Å². The lowest BCUT2D eigenvalue weighted by atomic mass is 9.44. The van der Waals surface area contributed by atoms with Gasteiger partial charge in [-0.25, -0.2) is 0 Å². The maximum Gasteiger partial charge on any atom is 0.0596 e. The average Bonchev–Trinajstić information content (AvgIpc) is 3.19. The third-order valence-electron chi connectivity index (χ3n) is 9.31. The lowest BCUT2D eigenvalue weighted by Gasteiger charge is -2.61. The highest BCUT2D eigenvalue weighted by Gasteiger charge is 2.62. The Morgan fingerprint density at radius 3 is 2.41 bits per heavy atom. The molecule has 0 radical (unpaired) electrons. The molecule has 8 unspecified atom stereocenters. The van der Waals surface area contributed by atoms with Gasteiger partial charge in [-0.3, -0.25) is 0 Å². The van der Waals surface area contributed by atoms with Crippen molar-refractivity contribution in [2.24, 2.45) is 34.5 Å². The normalized spacial score (nSPS) is 63.1. The Bertz CT molecular complexity index is 486. The highest BCUT2D eigenvalue weighted by molar-refractivity contribution is 8.07. The summed E-state index contributed by atoms with van der Waals surface area (Å²) in [6.07, 6.45) is 12.6. The van der Waals surface area contributed by atoms with Crippen LogP contribution in [0, 0.1) is 34.5 Å². The van der Waals surface area contributed by atoms with Crippen LogP contribution in [-0.4, -0.2) is 21.7 Å². The molecule has 2 heteroatoms. The largest absolute Gasteiger partial charge is 0.393 e. The Balaban J connectivity index is 1.44. The van der Waals surface area contributed by atoms with Crippen molar-refractivity contribution < 1.29 is 5.11 Å². The molecule has 1 spiro atoms. The Morgan fingerprint density at radius 2 is 1.64 bits per heavy atom. The molecule has 0 aromatic carbocycles. The molecule has 22 heavy (non-hydrogen) atoms. The third kappa shape index (κ3) is 1.78. The second-order valence-electron chi connectivity index (χ2n) is 9.97. The summed E-state index contributed by atoms with van der Waals surface area (Å²) < 4.78 is 0.740. The van der Waals surface area contributed by atoms with Gasteiger partial charge in [0.15, 0.2) is 0 Å². The first-order valence-electron chi connectivity index (χ1n) is 9.79. The standard InChI is InChI=1S/C20H32OS/c1-18-9-10-20(12-22-20)11-13(18)3-4-14-15-5-6-17(21)19(15,2)8-7-16(14)18/h13-17,21H,3-12H2,1-2H3. The number of aliphatic hydroxyl groups excluding tert-OH is 1. The minimum absolute atomic E-state index is 0.0125. The number of hydrogen-bond acceptors (Lipinski definition) is 2. The Hall–Kier alpha value is 0.310. The molecule has 5 aliphatic rings. The first-order chi connectivity index (χ1) is 10.5. The van der Waals surface area contributed by atoms with Gasteiger partial charge in [0.05, 0.1) is 6.10 Å². The maximum absolute atomic E-state index is 10.5. The predicted octanol–water partition coefficient (Wildman–Crippen LogP) is 4.88. The second-order valence-corrected chi connectivity index (χ2v) is 11.4. The van der Waals surface area contributed by atoms with Crippen molar-refractivity contribution in [2.45, 2.75) is 82.5 Å². The molecule has 1 saturated heterocycles.